The van der Waals surface area contributed by atoms with Gasteiger partial charge in [-0.2, -0.15) is 0 Å². The van der Waals surface area contributed by atoms with Crippen molar-refractivity contribution in [3.63, 3.8) is 0 Å². The highest BCUT2D eigenvalue weighted by Gasteiger charge is 2.30. The lowest BCUT2D eigenvalue weighted by Gasteiger charge is -2.31. The lowest BCUT2D eigenvalue weighted by atomic mass is 9.97. The number of H-pyrrole nitrogens is 1. The molecule has 1 N–H and O–H groups in total. The van der Waals surface area contributed by atoms with E-state index in [-0.39, 0.29) is 28.8 Å². The van der Waals surface area contributed by atoms with Crippen molar-refractivity contribution >= 4 is 11.9 Å². The second-order valence-electron chi connectivity index (χ2n) is 4.54. The minimum atomic E-state index is -0.338. The zero-order chi connectivity index (χ0) is 13.8. The van der Waals surface area contributed by atoms with Crippen LogP contribution in [0.1, 0.15) is 23.2 Å². The first-order valence-corrected chi connectivity index (χ1v) is 6.17. The average Bonchev–Trinajstić information content (AvgIpc) is 2.46. The number of aromatic amines is 1. The third kappa shape index (κ3) is 2.83. The molecule has 1 aliphatic heterocycles. The van der Waals surface area contributed by atoms with E-state index in [1.54, 1.807) is 0 Å². The van der Waals surface area contributed by atoms with Crippen molar-refractivity contribution in [1.82, 2.24) is 9.88 Å². The number of likely N-dealkylation sites (tertiary alicyclic amines) is 1. The van der Waals surface area contributed by atoms with E-state index in [2.05, 4.69) is 4.98 Å². The van der Waals surface area contributed by atoms with Gasteiger partial charge in [0.25, 0.3) is 5.91 Å². The van der Waals surface area contributed by atoms with Crippen LogP contribution in [-0.4, -0.2) is 42.0 Å². The van der Waals surface area contributed by atoms with Crippen molar-refractivity contribution in [2.24, 2.45) is 5.92 Å². The highest BCUT2D eigenvalue weighted by atomic mass is 16.5. The van der Waals surface area contributed by atoms with E-state index in [4.69, 9.17) is 4.74 Å². The molecule has 0 bridgehead atoms. The van der Waals surface area contributed by atoms with Crippen LogP contribution in [0.25, 0.3) is 0 Å². The molecule has 2 rings (SSSR count). The summed E-state index contributed by atoms with van der Waals surface area (Å²) in [6.07, 6.45) is 4.32. The lowest BCUT2D eigenvalue weighted by molar-refractivity contribution is -0.146. The first-order valence-electron chi connectivity index (χ1n) is 6.17. The van der Waals surface area contributed by atoms with Gasteiger partial charge in [0.2, 0.25) is 0 Å². The number of piperidine rings is 1. The lowest BCUT2D eigenvalue weighted by Crippen LogP contribution is -2.43. The molecule has 1 atom stereocenters. The van der Waals surface area contributed by atoms with E-state index < -0.39 is 0 Å². The molecule has 0 aliphatic carbocycles. The standard InChI is InChI=1S/C13H16N2O4/c1-19-13(18)9-3-2-6-15(8-9)12(17)10-7-14-5-4-11(10)16/h4-5,7,9H,2-3,6,8H2,1H3,(H,14,16)/t9-/m0/s1. The summed E-state index contributed by atoms with van der Waals surface area (Å²) in [7, 11) is 1.34. The highest BCUT2D eigenvalue weighted by molar-refractivity contribution is 5.94. The Kier molecular flexibility index (Phi) is 3.99. The summed E-state index contributed by atoms with van der Waals surface area (Å²) in [4.78, 5) is 39.6. The first-order chi connectivity index (χ1) is 9.13. The number of methoxy groups -OCH3 is 1. The van der Waals surface area contributed by atoms with Crippen molar-refractivity contribution in [1.29, 1.82) is 0 Å². The van der Waals surface area contributed by atoms with Gasteiger partial charge in [0.15, 0.2) is 5.43 Å². The molecule has 6 nitrogen and oxygen atoms in total. The van der Waals surface area contributed by atoms with Gasteiger partial charge in [-0.15, -0.1) is 0 Å². The van der Waals surface area contributed by atoms with Crippen molar-refractivity contribution in [2.75, 3.05) is 20.2 Å². The predicted octanol–water partition coefficient (Wildman–Crippen LogP) is 0.400. The molecular weight excluding hydrogens is 248 g/mol. The number of esters is 1. The van der Waals surface area contributed by atoms with Gasteiger partial charge in [-0.25, -0.2) is 0 Å². The van der Waals surface area contributed by atoms with E-state index >= 15 is 0 Å². The molecule has 1 saturated heterocycles. The van der Waals surface area contributed by atoms with Crippen molar-refractivity contribution in [3.8, 4) is 0 Å². The summed E-state index contributed by atoms with van der Waals surface area (Å²) in [6.45, 7) is 0.862. The number of hydrogen-bond donors (Lipinski definition) is 1. The minimum absolute atomic E-state index is 0.105. The number of carbonyl (C=O) groups is 2. The molecule has 0 unspecified atom stereocenters. The molecule has 1 fully saturated rings. The van der Waals surface area contributed by atoms with Crippen LogP contribution in [0.15, 0.2) is 23.3 Å². The zero-order valence-electron chi connectivity index (χ0n) is 10.7. The molecule has 6 heteroatoms. The third-order valence-corrected chi connectivity index (χ3v) is 3.30. The van der Waals surface area contributed by atoms with Gasteiger partial charge in [0, 0.05) is 31.5 Å². The van der Waals surface area contributed by atoms with Crippen LogP contribution in [0, 0.1) is 5.92 Å². The molecule has 0 spiro atoms. The number of amides is 1. The number of hydrogen-bond acceptors (Lipinski definition) is 4. The normalized spacial score (nSPS) is 19.0. The second-order valence-corrected chi connectivity index (χ2v) is 4.54. The Morgan fingerprint density at radius 3 is 2.95 bits per heavy atom. The average molecular weight is 264 g/mol. The molecule has 1 aromatic rings. The summed E-state index contributed by atoms with van der Waals surface area (Å²) < 4.78 is 4.70. The molecule has 1 aromatic heterocycles. The zero-order valence-corrected chi connectivity index (χ0v) is 10.7. The van der Waals surface area contributed by atoms with Crippen LogP contribution in [0.4, 0.5) is 0 Å². The molecule has 1 aliphatic rings. The number of carbonyl (C=O) groups excluding carboxylic acids is 2. The summed E-state index contributed by atoms with van der Waals surface area (Å²) in [6, 6.07) is 1.31. The van der Waals surface area contributed by atoms with Crippen LogP contribution < -0.4 is 5.43 Å². The van der Waals surface area contributed by atoms with E-state index in [1.165, 1.54) is 30.5 Å². The first kappa shape index (κ1) is 13.3. The van der Waals surface area contributed by atoms with Gasteiger partial charge in [-0.1, -0.05) is 0 Å². The number of nitrogens with one attached hydrogen (secondary N) is 1. The molecule has 2 heterocycles. The maximum absolute atomic E-state index is 12.2. The molecule has 19 heavy (non-hydrogen) atoms. The van der Waals surface area contributed by atoms with Gasteiger partial charge in [-0.05, 0) is 12.8 Å². The number of nitrogens with zero attached hydrogens (tertiary/aromatic N) is 1. The van der Waals surface area contributed by atoms with Crippen molar-refractivity contribution < 1.29 is 14.3 Å². The monoisotopic (exact) mass is 264 g/mol. The molecule has 0 saturated carbocycles. The quantitative estimate of drug-likeness (QED) is 0.784. The van der Waals surface area contributed by atoms with Gasteiger partial charge in [-0.3, -0.25) is 14.4 Å². The third-order valence-electron chi connectivity index (χ3n) is 3.30. The summed E-state index contributed by atoms with van der Waals surface area (Å²) in [5, 5.41) is 0. The Morgan fingerprint density at radius 1 is 1.47 bits per heavy atom. The van der Waals surface area contributed by atoms with Gasteiger partial charge in [0.05, 0.1) is 13.0 Å². The summed E-state index contributed by atoms with van der Waals surface area (Å²) in [5.74, 6) is -0.944. The van der Waals surface area contributed by atoms with Crippen LogP contribution in [-0.2, 0) is 9.53 Å². The number of ether oxygens (including phenoxy) is 1. The Balaban J connectivity index is 2.14. The van der Waals surface area contributed by atoms with E-state index in [1.807, 2.05) is 0 Å². The molecule has 0 radical (unpaired) electrons. The smallest absolute Gasteiger partial charge is 0.310 e. The fourth-order valence-corrected chi connectivity index (χ4v) is 2.27. The molecular formula is C13H16N2O4. The van der Waals surface area contributed by atoms with Crippen LogP contribution >= 0.6 is 0 Å². The Bertz CT molecular complexity index is 537. The van der Waals surface area contributed by atoms with Crippen molar-refractivity contribution in [3.05, 3.63) is 34.2 Å². The highest BCUT2D eigenvalue weighted by Crippen LogP contribution is 2.18. The fourth-order valence-electron chi connectivity index (χ4n) is 2.27. The van der Waals surface area contributed by atoms with Gasteiger partial charge < -0.3 is 14.6 Å². The maximum Gasteiger partial charge on any atom is 0.310 e. The Labute approximate surface area is 110 Å². The Morgan fingerprint density at radius 2 is 2.26 bits per heavy atom. The molecule has 1 amide bonds. The number of aromatic nitrogens is 1. The molecule has 102 valence electrons. The summed E-state index contributed by atoms with van der Waals surface area (Å²) >= 11 is 0. The largest absolute Gasteiger partial charge is 0.469 e. The van der Waals surface area contributed by atoms with Crippen LogP contribution in [0.5, 0.6) is 0 Å². The predicted molar refractivity (Wildman–Crippen MR) is 67.7 cm³/mol. The number of rotatable bonds is 2. The molecule has 0 aromatic carbocycles. The van der Waals surface area contributed by atoms with Crippen LogP contribution in [0.3, 0.4) is 0 Å². The number of pyridine rings is 1. The topological polar surface area (TPSA) is 79.5 Å². The van der Waals surface area contributed by atoms with Gasteiger partial charge in [0.1, 0.15) is 5.56 Å². The second kappa shape index (κ2) is 5.69. The van der Waals surface area contributed by atoms with Crippen molar-refractivity contribution in [2.45, 2.75) is 12.8 Å². The van der Waals surface area contributed by atoms with E-state index in [0.29, 0.717) is 19.5 Å². The van der Waals surface area contributed by atoms with Crippen LogP contribution in [0.2, 0.25) is 0 Å². The Hall–Kier alpha value is -2.11. The minimum Gasteiger partial charge on any atom is -0.469 e. The maximum atomic E-state index is 12.2. The van der Waals surface area contributed by atoms with E-state index in [0.717, 1.165) is 6.42 Å². The fraction of sp³-hybridized carbons (Fsp3) is 0.462. The van der Waals surface area contributed by atoms with Gasteiger partial charge >= 0.3 is 5.97 Å². The SMILES string of the molecule is COC(=O)[C@H]1CCCN(C(=O)c2c[nH]ccc2=O)C1. The summed E-state index contributed by atoms with van der Waals surface area (Å²) in [5.41, 5.74) is -0.211. The van der Waals surface area contributed by atoms with E-state index in [9.17, 15) is 14.4 Å².